The Hall–Kier alpha value is -0.0800. The smallest absolute Gasteiger partial charge is 0.0784 e. The van der Waals surface area contributed by atoms with Gasteiger partial charge in [-0.15, -0.1) is 0 Å². The second-order valence-corrected chi connectivity index (χ2v) is 4.28. The van der Waals surface area contributed by atoms with E-state index in [9.17, 15) is 0 Å². The van der Waals surface area contributed by atoms with Gasteiger partial charge >= 0.3 is 0 Å². The van der Waals surface area contributed by atoms with Gasteiger partial charge in [0.15, 0.2) is 0 Å². The maximum absolute atomic E-state index is 5.86. The van der Waals surface area contributed by atoms with Crippen LogP contribution in [0.5, 0.6) is 0 Å². The standard InChI is InChI=1S/C11H22O2/c1-9-4-6-11(7-5-9)13-10(2)8-12-3/h9-11H,4-8H2,1-3H3. The quantitative estimate of drug-likeness (QED) is 0.672. The zero-order chi connectivity index (χ0) is 9.68. The third kappa shape index (κ3) is 4.10. The van der Waals surface area contributed by atoms with Crippen molar-refractivity contribution in [3.63, 3.8) is 0 Å². The molecule has 0 amide bonds. The van der Waals surface area contributed by atoms with Crippen molar-refractivity contribution < 1.29 is 9.47 Å². The molecule has 13 heavy (non-hydrogen) atoms. The fraction of sp³-hybridized carbons (Fsp3) is 1.00. The van der Waals surface area contributed by atoms with Crippen LogP contribution in [0.4, 0.5) is 0 Å². The number of hydrogen-bond acceptors (Lipinski definition) is 2. The van der Waals surface area contributed by atoms with Crippen molar-refractivity contribution in [3.05, 3.63) is 0 Å². The molecule has 78 valence electrons. The maximum Gasteiger partial charge on any atom is 0.0784 e. The molecule has 0 heterocycles. The van der Waals surface area contributed by atoms with Crippen LogP contribution in [0.2, 0.25) is 0 Å². The zero-order valence-corrected chi connectivity index (χ0v) is 9.08. The molecule has 2 nitrogen and oxygen atoms in total. The average Bonchev–Trinajstić information content (AvgIpc) is 2.09. The highest BCUT2D eigenvalue weighted by molar-refractivity contribution is 4.70. The number of hydrogen-bond donors (Lipinski definition) is 0. The van der Waals surface area contributed by atoms with Crippen LogP contribution in [-0.2, 0) is 9.47 Å². The molecule has 0 bridgehead atoms. The monoisotopic (exact) mass is 186 g/mol. The topological polar surface area (TPSA) is 18.5 Å². The van der Waals surface area contributed by atoms with Crippen molar-refractivity contribution in [2.75, 3.05) is 13.7 Å². The van der Waals surface area contributed by atoms with Gasteiger partial charge in [-0.25, -0.2) is 0 Å². The third-order valence-electron chi connectivity index (χ3n) is 2.79. The van der Waals surface area contributed by atoms with Gasteiger partial charge in [0, 0.05) is 7.11 Å². The Balaban J connectivity index is 2.14. The van der Waals surface area contributed by atoms with E-state index in [1.807, 2.05) is 0 Å². The van der Waals surface area contributed by atoms with Crippen LogP contribution in [0.15, 0.2) is 0 Å². The van der Waals surface area contributed by atoms with Gasteiger partial charge in [-0.2, -0.15) is 0 Å². The fourth-order valence-corrected chi connectivity index (χ4v) is 1.97. The van der Waals surface area contributed by atoms with Crippen molar-refractivity contribution in [1.29, 1.82) is 0 Å². The summed E-state index contributed by atoms with van der Waals surface area (Å²) < 4.78 is 10.9. The second kappa shape index (κ2) is 5.61. The third-order valence-corrected chi connectivity index (χ3v) is 2.79. The van der Waals surface area contributed by atoms with Gasteiger partial charge in [0.25, 0.3) is 0 Å². The van der Waals surface area contributed by atoms with E-state index < -0.39 is 0 Å². The predicted molar refractivity (Wildman–Crippen MR) is 53.8 cm³/mol. The van der Waals surface area contributed by atoms with Crippen LogP contribution >= 0.6 is 0 Å². The molecule has 1 unspecified atom stereocenters. The van der Waals surface area contributed by atoms with Crippen molar-refractivity contribution >= 4 is 0 Å². The Morgan fingerprint density at radius 3 is 2.38 bits per heavy atom. The Labute approximate surface area is 81.6 Å². The summed E-state index contributed by atoms with van der Waals surface area (Å²) in [7, 11) is 1.73. The first kappa shape index (κ1) is 11.0. The lowest BCUT2D eigenvalue weighted by Gasteiger charge is -2.28. The number of methoxy groups -OCH3 is 1. The van der Waals surface area contributed by atoms with Gasteiger partial charge in [0.2, 0.25) is 0 Å². The summed E-state index contributed by atoms with van der Waals surface area (Å²) in [6, 6.07) is 0. The Morgan fingerprint density at radius 2 is 1.85 bits per heavy atom. The fourth-order valence-electron chi connectivity index (χ4n) is 1.97. The molecule has 0 aromatic heterocycles. The molecule has 0 spiro atoms. The van der Waals surface area contributed by atoms with Crippen molar-refractivity contribution in [2.45, 2.75) is 51.7 Å². The molecular formula is C11H22O2. The Morgan fingerprint density at radius 1 is 1.23 bits per heavy atom. The first-order valence-electron chi connectivity index (χ1n) is 5.36. The van der Waals surface area contributed by atoms with Crippen LogP contribution in [0.3, 0.4) is 0 Å². The van der Waals surface area contributed by atoms with Crippen LogP contribution in [-0.4, -0.2) is 25.9 Å². The van der Waals surface area contributed by atoms with E-state index in [-0.39, 0.29) is 6.10 Å². The van der Waals surface area contributed by atoms with E-state index >= 15 is 0 Å². The molecule has 0 aromatic carbocycles. The van der Waals surface area contributed by atoms with Crippen molar-refractivity contribution in [3.8, 4) is 0 Å². The molecule has 0 aliphatic heterocycles. The first-order valence-corrected chi connectivity index (χ1v) is 5.36. The van der Waals surface area contributed by atoms with Crippen LogP contribution in [0, 0.1) is 5.92 Å². The largest absolute Gasteiger partial charge is 0.382 e. The van der Waals surface area contributed by atoms with Gasteiger partial charge in [-0.3, -0.25) is 0 Å². The summed E-state index contributed by atoms with van der Waals surface area (Å²) in [6.45, 7) is 5.13. The first-order chi connectivity index (χ1) is 6.22. The molecule has 2 heteroatoms. The molecule has 1 aliphatic rings. The van der Waals surface area contributed by atoms with E-state index in [2.05, 4.69) is 13.8 Å². The van der Waals surface area contributed by atoms with Gasteiger partial charge in [0.1, 0.15) is 0 Å². The van der Waals surface area contributed by atoms with Gasteiger partial charge in [-0.05, 0) is 38.5 Å². The number of rotatable bonds is 4. The normalized spacial score (nSPS) is 31.6. The molecule has 0 N–H and O–H groups in total. The van der Waals surface area contributed by atoms with Gasteiger partial charge in [-0.1, -0.05) is 6.92 Å². The van der Waals surface area contributed by atoms with E-state index in [0.717, 1.165) is 5.92 Å². The van der Waals surface area contributed by atoms with E-state index in [1.54, 1.807) is 7.11 Å². The Bertz CT molecular complexity index is 128. The zero-order valence-electron chi connectivity index (χ0n) is 9.08. The summed E-state index contributed by atoms with van der Waals surface area (Å²) in [6.07, 6.45) is 5.85. The minimum atomic E-state index is 0.253. The molecule has 1 fully saturated rings. The SMILES string of the molecule is COCC(C)OC1CCC(C)CC1. The molecule has 0 saturated heterocycles. The van der Waals surface area contributed by atoms with Crippen LogP contribution < -0.4 is 0 Å². The van der Waals surface area contributed by atoms with Crippen molar-refractivity contribution in [2.24, 2.45) is 5.92 Å². The van der Waals surface area contributed by atoms with Crippen molar-refractivity contribution in [1.82, 2.24) is 0 Å². The molecule has 0 aromatic rings. The van der Waals surface area contributed by atoms with E-state index in [4.69, 9.17) is 9.47 Å². The summed E-state index contributed by atoms with van der Waals surface area (Å²) >= 11 is 0. The highest BCUT2D eigenvalue weighted by atomic mass is 16.5. The van der Waals surface area contributed by atoms with Gasteiger partial charge in [0.05, 0.1) is 18.8 Å². The van der Waals surface area contributed by atoms with E-state index in [1.165, 1.54) is 25.7 Å². The summed E-state index contributed by atoms with van der Waals surface area (Å²) in [5.74, 6) is 0.901. The lowest BCUT2D eigenvalue weighted by atomic mass is 9.89. The number of ether oxygens (including phenoxy) is 2. The highest BCUT2D eigenvalue weighted by Crippen LogP contribution is 2.26. The molecule has 1 rings (SSSR count). The second-order valence-electron chi connectivity index (χ2n) is 4.28. The average molecular weight is 186 g/mol. The summed E-state index contributed by atoms with van der Waals surface area (Å²) in [4.78, 5) is 0. The van der Waals surface area contributed by atoms with Gasteiger partial charge < -0.3 is 9.47 Å². The van der Waals surface area contributed by atoms with Crippen LogP contribution in [0.25, 0.3) is 0 Å². The minimum absolute atomic E-state index is 0.253. The molecule has 1 atom stereocenters. The maximum atomic E-state index is 5.86. The summed E-state index contributed by atoms with van der Waals surface area (Å²) in [5.41, 5.74) is 0. The molecule has 1 aliphatic carbocycles. The lowest BCUT2D eigenvalue weighted by Crippen LogP contribution is -2.27. The highest BCUT2D eigenvalue weighted by Gasteiger charge is 2.20. The Kier molecular flexibility index (Phi) is 4.74. The predicted octanol–water partition coefficient (Wildman–Crippen LogP) is 2.62. The molecule has 1 saturated carbocycles. The molecule has 0 radical (unpaired) electrons. The minimum Gasteiger partial charge on any atom is -0.382 e. The van der Waals surface area contributed by atoms with E-state index in [0.29, 0.717) is 12.7 Å². The molecular weight excluding hydrogens is 164 g/mol. The van der Waals surface area contributed by atoms with Crippen LogP contribution in [0.1, 0.15) is 39.5 Å². The lowest BCUT2D eigenvalue weighted by molar-refractivity contribution is -0.0559. The summed E-state index contributed by atoms with van der Waals surface area (Å²) in [5, 5.41) is 0.